The molecule has 0 aliphatic rings. The Labute approximate surface area is 159 Å². The largest absolute Gasteiger partial charge is 0.468 e. The third-order valence-corrected chi connectivity index (χ3v) is 3.71. The molecule has 6 nitrogen and oxygen atoms in total. The zero-order chi connectivity index (χ0) is 19.5. The maximum absolute atomic E-state index is 12.1. The molecule has 0 amide bonds. The van der Waals surface area contributed by atoms with E-state index in [4.69, 9.17) is 5.26 Å². The molecule has 0 bridgehead atoms. The number of esters is 1. The molecule has 0 heterocycles. The summed E-state index contributed by atoms with van der Waals surface area (Å²) in [6, 6.07) is 10.5. The minimum absolute atomic E-state index is 0.199. The first-order valence-corrected chi connectivity index (χ1v) is 8.24. The number of halogens is 2. The molecular weight excluding hydrogens is 409 g/mol. The molecule has 2 aromatic rings. The predicted molar refractivity (Wildman–Crippen MR) is 97.5 cm³/mol. The summed E-state index contributed by atoms with van der Waals surface area (Å²) >= 11 is 3.31. The molecule has 0 aromatic heterocycles. The fraction of sp³-hybridized carbons (Fsp3) is 0.222. The van der Waals surface area contributed by atoms with Gasteiger partial charge in [0, 0.05) is 16.6 Å². The van der Waals surface area contributed by atoms with Gasteiger partial charge in [0.1, 0.15) is 12.1 Å². The summed E-state index contributed by atoms with van der Waals surface area (Å²) in [6.45, 7) is 0.724. The van der Waals surface area contributed by atoms with E-state index < -0.39 is 0 Å². The normalized spacial score (nSPS) is 9.92. The Kier molecular flexibility index (Phi) is 9.50. The fourth-order valence-corrected chi connectivity index (χ4v) is 2.33. The lowest BCUT2D eigenvalue weighted by atomic mass is 10.1. The minimum Gasteiger partial charge on any atom is -0.468 e. The molecule has 0 aliphatic carbocycles. The molecule has 0 saturated heterocycles. The summed E-state index contributed by atoms with van der Waals surface area (Å²) in [5.74, 6) is -0.413. The van der Waals surface area contributed by atoms with Crippen molar-refractivity contribution in [2.24, 2.45) is 0 Å². The summed E-state index contributed by atoms with van der Waals surface area (Å²) in [6.07, 6.45) is 0.812. The van der Waals surface area contributed by atoms with Crippen LogP contribution >= 0.6 is 15.9 Å². The summed E-state index contributed by atoms with van der Waals surface area (Å²) in [4.78, 5) is 27.6. The lowest BCUT2D eigenvalue weighted by Gasteiger charge is -2.16. The minimum atomic E-state index is -0.351. The van der Waals surface area contributed by atoms with Crippen LogP contribution < -0.4 is 4.89 Å². The van der Waals surface area contributed by atoms with E-state index in [1.165, 1.54) is 31.4 Å². The predicted octanol–water partition coefficient (Wildman–Crippen LogP) is 3.54. The number of carbonyl (C=O) groups excluding carboxylic acids is 2. The van der Waals surface area contributed by atoms with Gasteiger partial charge in [-0.25, -0.2) is 9.65 Å². The molecule has 2 rings (SSSR count). The fourth-order valence-electron chi connectivity index (χ4n) is 1.95. The molecular formula is C18H19BrFNO5. The van der Waals surface area contributed by atoms with E-state index in [-0.39, 0.29) is 24.1 Å². The van der Waals surface area contributed by atoms with Crippen molar-refractivity contribution >= 4 is 28.2 Å². The van der Waals surface area contributed by atoms with Crippen LogP contribution in [0.25, 0.3) is 0 Å². The molecule has 0 unspecified atom stereocenters. The molecule has 2 aromatic carbocycles. The van der Waals surface area contributed by atoms with Crippen LogP contribution in [-0.2, 0) is 16.1 Å². The molecule has 8 heteroatoms. The van der Waals surface area contributed by atoms with Gasteiger partial charge in [-0.05, 0) is 49.0 Å². The van der Waals surface area contributed by atoms with Gasteiger partial charge in [-0.1, -0.05) is 22.0 Å². The monoisotopic (exact) mass is 427 g/mol. The maximum Gasteiger partial charge on any atom is 0.319 e. The van der Waals surface area contributed by atoms with E-state index in [1.807, 2.05) is 12.1 Å². The first-order valence-electron chi connectivity index (χ1n) is 7.45. The maximum atomic E-state index is 12.1. The Hall–Kier alpha value is -2.29. The average molecular weight is 428 g/mol. The molecule has 26 heavy (non-hydrogen) atoms. The van der Waals surface area contributed by atoms with Crippen molar-refractivity contribution in [2.45, 2.75) is 6.54 Å². The molecule has 1 N–H and O–H groups in total. The average Bonchev–Trinajstić information content (AvgIpc) is 2.64. The SMILES string of the molecule is COC(=O)CN(C)Cc1ccc(Br)cc1C=O.OOc1ccc(F)cc1. The van der Waals surface area contributed by atoms with Gasteiger partial charge in [0.05, 0.1) is 13.7 Å². The molecule has 0 radical (unpaired) electrons. The highest BCUT2D eigenvalue weighted by Crippen LogP contribution is 2.16. The third kappa shape index (κ3) is 7.73. The number of likely N-dealkylation sites (N-methyl/N-ethyl adjacent to an activating group) is 1. The van der Waals surface area contributed by atoms with Gasteiger partial charge in [0.2, 0.25) is 0 Å². The van der Waals surface area contributed by atoms with Gasteiger partial charge in [0.15, 0.2) is 5.75 Å². The van der Waals surface area contributed by atoms with Crippen molar-refractivity contribution in [3.63, 3.8) is 0 Å². The van der Waals surface area contributed by atoms with E-state index in [0.29, 0.717) is 12.1 Å². The number of hydrogen-bond donors (Lipinski definition) is 1. The highest BCUT2D eigenvalue weighted by atomic mass is 79.9. The van der Waals surface area contributed by atoms with Crippen molar-refractivity contribution in [2.75, 3.05) is 20.7 Å². The second-order valence-corrected chi connectivity index (χ2v) is 6.17. The van der Waals surface area contributed by atoms with E-state index in [1.54, 1.807) is 18.0 Å². The van der Waals surface area contributed by atoms with E-state index in [2.05, 4.69) is 25.6 Å². The first-order chi connectivity index (χ1) is 12.4. The molecule has 0 atom stereocenters. The van der Waals surface area contributed by atoms with Crippen molar-refractivity contribution < 1.29 is 28.9 Å². The molecule has 0 aliphatic heterocycles. The number of hydrogen-bond acceptors (Lipinski definition) is 6. The van der Waals surface area contributed by atoms with Crippen LogP contribution in [0.15, 0.2) is 46.9 Å². The molecule has 0 spiro atoms. The first kappa shape index (κ1) is 21.8. The Morgan fingerprint density at radius 2 is 1.92 bits per heavy atom. The summed E-state index contributed by atoms with van der Waals surface area (Å²) < 4.78 is 17.5. The van der Waals surface area contributed by atoms with Gasteiger partial charge in [-0.2, -0.15) is 0 Å². The van der Waals surface area contributed by atoms with Crippen molar-refractivity contribution in [3.8, 4) is 5.75 Å². The topological polar surface area (TPSA) is 76.1 Å². The summed E-state index contributed by atoms with van der Waals surface area (Å²) in [5, 5.41) is 8.01. The Bertz CT molecular complexity index is 724. The number of nitrogens with zero attached hydrogens (tertiary/aromatic N) is 1. The second kappa shape index (κ2) is 11.3. The van der Waals surface area contributed by atoms with E-state index in [9.17, 15) is 14.0 Å². The number of rotatable bonds is 6. The van der Waals surface area contributed by atoms with Crippen LogP contribution in [0.5, 0.6) is 5.75 Å². The quantitative estimate of drug-likeness (QED) is 0.328. The Balaban J connectivity index is 0.000000314. The van der Waals surface area contributed by atoms with Gasteiger partial charge < -0.3 is 9.62 Å². The van der Waals surface area contributed by atoms with Crippen LogP contribution in [0.2, 0.25) is 0 Å². The van der Waals surface area contributed by atoms with Crippen LogP contribution in [0.3, 0.4) is 0 Å². The van der Waals surface area contributed by atoms with Crippen LogP contribution in [-0.4, -0.2) is 43.1 Å². The number of ether oxygens (including phenoxy) is 1. The van der Waals surface area contributed by atoms with Crippen molar-refractivity contribution in [1.82, 2.24) is 4.90 Å². The van der Waals surface area contributed by atoms with Crippen molar-refractivity contribution in [1.29, 1.82) is 0 Å². The van der Waals surface area contributed by atoms with Gasteiger partial charge >= 0.3 is 5.97 Å². The van der Waals surface area contributed by atoms with Crippen LogP contribution in [0.1, 0.15) is 15.9 Å². The highest BCUT2D eigenvalue weighted by molar-refractivity contribution is 9.10. The number of aldehydes is 1. The summed E-state index contributed by atoms with van der Waals surface area (Å²) in [7, 11) is 3.15. The molecule has 0 saturated carbocycles. The Morgan fingerprint density at radius 3 is 2.46 bits per heavy atom. The van der Waals surface area contributed by atoms with Gasteiger partial charge in [-0.15, -0.1) is 0 Å². The third-order valence-electron chi connectivity index (χ3n) is 3.22. The number of methoxy groups -OCH3 is 1. The van der Waals surface area contributed by atoms with Crippen LogP contribution in [0.4, 0.5) is 4.39 Å². The van der Waals surface area contributed by atoms with Crippen molar-refractivity contribution in [3.05, 3.63) is 63.9 Å². The molecule has 0 fully saturated rings. The highest BCUT2D eigenvalue weighted by Gasteiger charge is 2.09. The Morgan fingerprint density at radius 1 is 1.27 bits per heavy atom. The second-order valence-electron chi connectivity index (χ2n) is 5.25. The smallest absolute Gasteiger partial charge is 0.319 e. The van der Waals surface area contributed by atoms with Crippen LogP contribution in [0, 0.1) is 5.82 Å². The van der Waals surface area contributed by atoms with E-state index in [0.717, 1.165) is 16.3 Å². The van der Waals surface area contributed by atoms with Gasteiger partial charge in [-0.3, -0.25) is 14.5 Å². The lowest BCUT2D eigenvalue weighted by Crippen LogP contribution is -2.26. The zero-order valence-corrected chi connectivity index (χ0v) is 15.9. The van der Waals surface area contributed by atoms with E-state index >= 15 is 0 Å². The zero-order valence-electron chi connectivity index (χ0n) is 14.3. The number of carbonyl (C=O) groups is 2. The standard InChI is InChI=1S/C12H14BrNO3.C6H5FO2/c1-14(7-12(16)17-2)6-9-3-4-11(13)5-10(9)8-15;7-5-1-3-6(9-8)4-2-5/h3-5,8H,6-7H2,1-2H3;1-4,8H. The summed E-state index contributed by atoms with van der Waals surface area (Å²) in [5.41, 5.74) is 1.51. The molecule has 140 valence electrons. The lowest BCUT2D eigenvalue weighted by molar-refractivity contribution is -0.141. The van der Waals surface area contributed by atoms with Gasteiger partial charge in [0.25, 0.3) is 0 Å². The number of benzene rings is 2.